The van der Waals surface area contributed by atoms with Crippen LogP contribution >= 0.6 is 0 Å². The Kier molecular flexibility index (Phi) is 3.74. The van der Waals surface area contributed by atoms with Gasteiger partial charge in [0, 0.05) is 11.1 Å². The molecule has 0 radical (unpaired) electrons. The summed E-state index contributed by atoms with van der Waals surface area (Å²) in [6.45, 7) is 0.111. The van der Waals surface area contributed by atoms with Crippen molar-refractivity contribution in [1.82, 2.24) is 14.8 Å². The lowest BCUT2D eigenvalue weighted by atomic mass is 10.2. The highest BCUT2D eigenvalue weighted by Crippen LogP contribution is 2.19. The van der Waals surface area contributed by atoms with Crippen molar-refractivity contribution in [1.29, 1.82) is 0 Å². The first-order valence-corrected chi connectivity index (χ1v) is 7.53. The topological polar surface area (TPSA) is 74.1 Å². The van der Waals surface area contributed by atoms with Crippen LogP contribution < -0.4 is 5.76 Å². The van der Waals surface area contributed by atoms with E-state index in [1.165, 1.54) is 30.5 Å². The van der Waals surface area contributed by atoms with Gasteiger partial charge in [-0.15, -0.1) is 5.10 Å². The molecule has 124 valence electrons. The van der Waals surface area contributed by atoms with Gasteiger partial charge < -0.3 is 8.83 Å². The summed E-state index contributed by atoms with van der Waals surface area (Å²) >= 11 is 0. The van der Waals surface area contributed by atoms with E-state index >= 15 is 0 Å². The van der Waals surface area contributed by atoms with E-state index in [-0.39, 0.29) is 18.3 Å². The van der Waals surface area contributed by atoms with E-state index in [0.717, 1.165) is 10.2 Å². The highest BCUT2D eigenvalue weighted by molar-refractivity contribution is 5.53. The number of halogens is 1. The van der Waals surface area contributed by atoms with Gasteiger partial charge >= 0.3 is 5.76 Å². The van der Waals surface area contributed by atoms with E-state index in [1.807, 2.05) is 30.3 Å². The van der Waals surface area contributed by atoms with Gasteiger partial charge in [0.25, 0.3) is 0 Å². The van der Waals surface area contributed by atoms with Crippen LogP contribution in [0.25, 0.3) is 22.9 Å². The van der Waals surface area contributed by atoms with Gasteiger partial charge in [0.15, 0.2) is 0 Å². The molecule has 0 bridgehead atoms. The summed E-state index contributed by atoms with van der Waals surface area (Å²) < 4.78 is 24.7. The minimum Gasteiger partial charge on any atom is -0.444 e. The van der Waals surface area contributed by atoms with Gasteiger partial charge in [0.2, 0.25) is 11.8 Å². The van der Waals surface area contributed by atoms with Crippen molar-refractivity contribution in [3.8, 4) is 22.9 Å². The molecule has 25 heavy (non-hydrogen) atoms. The van der Waals surface area contributed by atoms with Gasteiger partial charge in [-0.1, -0.05) is 18.2 Å². The van der Waals surface area contributed by atoms with Crippen LogP contribution in [0.15, 0.2) is 74.5 Å². The fourth-order valence-corrected chi connectivity index (χ4v) is 2.36. The van der Waals surface area contributed by atoms with Gasteiger partial charge in [-0.3, -0.25) is 0 Å². The van der Waals surface area contributed by atoms with E-state index in [9.17, 15) is 9.18 Å². The van der Waals surface area contributed by atoms with Gasteiger partial charge in [0.05, 0.1) is 6.54 Å². The Morgan fingerprint density at radius 2 is 1.68 bits per heavy atom. The summed E-state index contributed by atoms with van der Waals surface area (Å²) in [6.07, 6.45) is 1.47. The Morgan fingerprint density at radius 1 is 0.960 bits per heavy atom. The Hall–Kier alpha value is -3.48. The Bertz CT molecular complexity index is 1050. The van der Waals surface area contributed by atoms with Crippen LogP contribution in [0.3, 0.4) is 0 Å². The smallest absolute Gasteiger partial charge is 0.437 e. The van der Waals surface area contributed by atoms with E-state index < -0.39 is 5.76 Å². The quantitative estimate of drug-likeness (QED) is 0.571. The molecular weight excluding hydrogens is 325 g/mol. The summed E-state index contributed by atoms with van der Waals surface area (Å²) in [7, 11) is 0. The third kappa shape index (κ3) is 3.12. The van der Waals surface area contributed by atoms with Gasteiger partial charge in [-0.25, -0.2) is 14.2 Å². The van der Waals surface area contributed by atoms with Crippen molar-refractivity contribution in [2.24, 2.45) is 0 Å². The van der Waals surface area contributed by atoms with Gasteiger partial charge in [-0.05, 0) is 36.4 Å². The normalized spacial score (nSPS) is 10.9. The zero-order chi connectivity index (χ0) is 17.2. The maximum absolute atomic E-state index is 13.0. The second-order valence-electron chi connectivity index (χ2n) is 5.35. The second-order valence-corrected chi connectivity index (χ2v) is 5.35. The van der Waals surface area contributed by atoms with Crippen molar-refractivity contribution in [3.05, 3.63) is 82.9 Å². The van der Waals surface area contributed by atoms with Crippen LogP contribution in [-0.2, 0) is 6.54 Å². The van der Waals surface area contributed by atoms with Crippen molar-refractivity contribution in [3.63, 3.8) is 0 Å². The molecule has 0 spiro atoms. The standard InChI is InChI=1S/C18H12FN3O3/c19-14-8-6-13(7-9-14)17-21-22(18(23)25-17)10-15-11-24-16(20-15)12-4-2-1-3-5-12/h1-9,11H,10H2. The Balaban J connectivity index is 1.59. The molecule has 0 saturated carbocycles. The van der Waals surface area contributed by atoms with Crippen LogP contribution in [0.4, 0.5) is 4.39 Å². The number of oxazole rings is 1. The number of aromatic nitrogens is 3. The molecule has 0 aliphatic heterocycles. The fraction of sp³-hybridized carbons (Fsp3) is 0.0556. The molecule has 6 nitrogen and oxygen atoms in total. The van der Waals surface area contributed by atoms with Crippen molar-refractivity contribution < 1.29 is 13.2 Å². The molecular formula is C18H12FN3O3. The molecule has 0 N–H and O–H groups in total. The summed E-state index contributed by atoms with van der Waals surface area (Å²) in [5.74, 6) is -0.409. The number of hydrogen-bond acceptors (Lipinski definition) is 5. The summed E-state index contributed by atoms with van der Waals surface area (Å²) in [5, 5.41) is 4.12. The first kappa shape index (κ1) is 15.1. The molecule has 0 aliphatic carbocycles. The summed E-state index contributed by atoms with van der Waals surface area (Å²) in [4.78, 5) is 16.3. The molecule has 4 aromatic rings. The highest BCUT2D eigenvalue weighted by atomic mass is 19.1. The molecule has 2 aromatic carbocycles. The zero-order valence-corrected chi connectivity index (χ0v) is 12.9. The average Bonchev–Trinajstić information content (AvgIpc) is 3.24. The minimum atomic E-state index is -0.622. The second kappa shape index (κ2) is 6.20. The van der Waals surface area contributed by atoms with Gasteiger partial charge in [0.1, 0.15) is 17.8 Å². The van der Waals surface area contributed by atoms with E-state index in [0.29, 0.717) is 17.1 Å². The zero-order valence-electron chi connectivity index (χ0n) is 12.9. The molecule has 0 atom stereocenters. The number of rotatable bonds is 4. The maximum atomic E-state index is 13.0. The monoisotopic (exact) mass is 337 g/mol. The van der Waals surface area contributed by atoms with E-state index in [1.54, 1.807) is 0 Å². The van der Waals surface area contributed by atoms with Crippen molar-refractivity contribution in [2.75, 3.05) is 0 Å². The third-order valence-corrected chi connectivity index (χ3v) is 3.58. The molecule has 0 unspecified atom stereocenters. The van der Waals surface area contributed by atoms with E-state index in [2.05, 4.69) is 10.1 Å². The third-order valence-electron chi connectivity index (χ3n) is 3.58. The maximum Gasteiger partial charge on any atom is 0.437 e. The largest absolute Gasteiger partial charge is 0.444 e. The van der Waals surface area contributed by atoms with Crippen LogP contribution in [0.5, 0.6) is 0 Å². The van der Waals surface area contributed by atoms with Crippen LogP contribution in [-0.4, -0.2) is 14.8 Å². The first-order valence-electron chi connectivity index (χ1n) is 7.53. The highest BCUT2D eigenvalue weighted by Gasteiger charge is 2.13. The lowest BCUT2D eigenvalue weighted by Crippen LogP contribution is -2.16. The number of hydrogen-bond donors (Lipinski definition) is 0. The lowest BCUT2D eigenvalue weighted by molar-refractivity contribution is 0.492. The Labute approximate surface area is 141 Å². The lowest BCUT2D eigenvalue weighted by Gasteiger charge is -1.94. The number of nitrogens with zero attached hydrogens (tertiary/aromatic N) is 3. The number of benzene rings is 2. The van der Waals surface area contributed by atoms with Crippen LogP contribution in [0, 0.1) is 5.82 Å². The SMILES string of the molecule is O=c1oc(-c2ccc(F)cc2)nn1Cc1coc(-c2ccccc2)n1. The molecule has 0 saturated heterocycles. The van der Waals surface area contributed by atoms with Crippen molar-refractivity contribution in [2.45, 2.75) is 6.54 Å². The molecule has 0 aliphatic rings. The Morgan fingerprint density at radius 3 is 2.44 bits per heavy atom. The fourth-order valence-electron chi connectivity index (χ4n) is 2.36. The molecule has 0 amide bonds. The first-order chi connectivity index (χ1) is 12.2. The molecule has 0 fully saturated rings. The van der Waals surface area contributed by atoms with Crippen LogP contribution in [0.1, 0.15) is 5.69 Å². The molecule has 7 heteroatoms. The van der Waals surface area contributed by atoms with Crippen molar-refractivity contribution >= 4 is 0 Å². The summed E-state index contributed by atoms with van der Waals surface area (Å²) in [6, 6.07) is 15.0. The molecule has 4 rings (SSSR count). The molecule has 2 heterocycles. The predicted molar refractivity (Wildman–Crippen MR) is 87.2 cm³/mol. The van der Waals surface area contributed by atoms with Crippen LogP contribution in [0.2, 0.25) is 0 Å². The minimum absolute atomic E-state index is 0.111. The van der Waals surface area contributed by atoms with Gasteiger partial charge in [-0.2, -0.15) is 4.68 Å². The summed E-state index contributed by atoms with van der Waals surface area (Å²) in [5.41, 5.74) is 1.90. The molecule has 2 aromatic heterocycles. The average molecular weight is 337 g/mol. The van der Waals surface area contributed by atoms with E-state index in [4.69, 9.17) is 8.83 Å². The predicted octanol–water partition coefficient (Wildman–Crippen LogP) is 3.35.